The number of nitro benzene ring substituents is 1. The average Bonchev–Trinajstić information content (AvgIpc) is 3.52. The van der Waals surface area contributed by atoms with E-state index in [1.807, 2.05) is 6.92 Å². The van der Waals surface area contributed by atoms with Gasteiger partial charge in [0.15, 0.2) is 10.9 Å². The van der Waals surface area contributed by atoms with Gasteiger partial charge in [-0.05, 0) is 36.8 Å². The average molecular weight is 630 g/mol. The van der Waals surface area contributed by atoms with E-state index in [0.29, 0.717) is 11.3 Å². The van der Waals surface area contributed by atoms with E-state index in [4.69, 9.17) is 23.2 Å². The summed E-state index contributed by atoms with van der Waals surface area (Å²) in [5, 5.41) is 11.2. The number of benzene rings is 3. The molecular weight excluding hydrogens is 613 g/mol. The molecule has 0 saturated carbocycles. The van der Waals surface area contributed by atoms with E-state index in [0.717, 1.165) is 40.9 Å². The standard InChI is InChI=1S/C27H17Cl2N3O7S2/c1-14-2-4-15(5-3-14)24(33)22-23(19-11-6-16(28)12-20(19)29)31(26(35)25(22)34)27-30-13-21(40-27)41(38,39)18-9-7-17(8-10-18)32(36)37/h2-13,22-23H,1H3. The Morgan fingerprint density at radius 1 is 1.02 bits per heavy atom. The first-order valence-corrected chi connectivity index (χ1v) is 14.8. The predicted octanol–water partition coefficient (Wildman–Crippen LogP) is 5.66. The number of carbonyl (C=O) groups is 3. The van der Waals surface area contributed by atoms with Crippen LogP contribution in [0.5, 0.6) is 0 Å². The van der Waals surface area contributed by atoms with Crippen LogP contribution >= 0.6 is 34.5 Å². The number of rotatable bonds is 7. The number of non-ortho nitro benzene ring substituents is 1. The summed E-state index contributed by atoms with van der Waals surface area (Å²) in [5.41, 5.74) is 1.05. The van der Waals surface area contributed by atoms with Crippen LogP contribution in [0.4, 0.5) is 10.8 Å². The highest BCUT2D eigenvalue weighted by atomic mass is 35.5. The Hall–Kier alpha value is -3.97. The minimum Gasteiger partial charge on any atom is -0.293 e. The van der Waals surface area contributed by atoms with Gasteiger partial charge in [-0.15, -0.1) is 0 Å². The molecule has 208 valence electrons. The molecule has 41 heavy (non-hydrogen) atoms. The number of sulfone groups is 1. The first-order chi connectivity index (χ1) is 19.4. The van der Waals surface area contributed by atoms with Gasteiger partial charge in [0.1, 0.15) is 10.1 Å². The maximum absolute atomic E-state index is 13.6. The summed E-state index contributed by atoms with van der Waals surface area (Å²) in [6, 6.07) is 13.9. The Morgan fingerprint density at radius 3 is 2.29 bits per heavy atom. The number of thiazole rings is 1. The third-order valence-electron chi connectivity index (χ3n) is 6.51. The quantitative estimate of drug-likeness (QED) is 0.0837. The monoisotopic (exact) mass is 629 g/mol. The molecule has 0 bridgehead atoms. The number of aromatic nitrogens is 1. The van der Waals surface area contributed by atoms with Gasteiger partial charge in [0.25, 0.3) is 11.6 Å². The molecule has 0 spiro atoms. The van der Waals surface area contributed by atoms with Crippen molar-refractivity contribution in [3.05, 3.63) is 110 Å². The number of Topliss-reactive ketones (excluding diaryl/α,β-unsaturated/α-hetero) is 2. The van der Waals surface area contributed by atoms with Crippen molar-refractivity contribution in [1.29, 1.82) is 0 Å². The van der Waals surface area contributed by atoms with Crippen molar-refractivity contribution in [3.8, 4) is 0 Å². The van der Waals surface area contributed by atoms with Crippen molar-refractivity contribution < 1.29 is 27.7 Å². The van der Waals surface area contributed by atoms with Crippen molar-refractivity contribution in [3.63, 3.8) is 0 Å². The van der Waals surface area contributed by atoms with Crippen LogP contribution in [-0.2, 0) is 19.4 Å². The molecule has 0 radical (unpaired) electrons. The van der Waals surface area contributed by atoms with E-state index in [9.17, 15) is 32.9 Å². The van der Waals surface area contributed by atoms with Gasteiger partial charge in [-0.25, -0.2) is 13.4 Å². The van der Waals surface area contributed by atoms with Crippen LogP contribution in [0.25, 0.3) is 0 Å². The third-order valence-corrected chi connectivity index (χ3v) is 10.3. The molecule has 10 nitrogen and oxygen atoms in total. The zero-order valence-corrected chi connectivity index (χ0v) is 24.0. The van der Waals surface area contributed by atoms with E-state index in [-0.39, 0.29) is 41.1 Å². The minimum absolute atomic E-state index is 0.0898. The summed E-state index contributed by atoms with van der Waals surface area (Å²) in [4.78, 5) is 55.6. The lowest BCUT2D eigenvalue weighted by Crippen LogP contribution is -2.30. The van der Waals surface area contributed by atoms with E-state index < -0.39 is 44.2 Å². The summed E-state index contributed by atoms with van der Waals surface area (Å²) in [6.45, 7) is 1.83. The number of nitrogens with zero attached hydrogens (tertiary/aromatic N) is 3. The second-order valence-corrected chi connectivity index (χ2v) is 13.1. The normalized spacial score (nSPS) is 17.2. The van der Waals surface area contributed by atoms with Gasteiger partial charge in [-0.1, -0.05) is 70.4 Å². The Balaban J connectivity index is 1.60. The highest BCUT2D eigenvalue weighted by Crippen LogP contribution is 2.45. The summed E-state index contributed by atoms with van der Waals surface area (Å²) >= 11 is 13.2. The van der Waals surface area contributed by atoms with E-state index in [1.54, 1.807) is 24.3 Å². The van der Waals surface area contributed by atoms with Crippen LogP contribution in [0.1, 0.15) is 27.5 Å². The lowest BCUT2D eigenvalue weighted by atomic mass is 9.86. The topological polar surface area (TPSA) is 145 Å². The Morgan fingerprint density at radius 2 is 1.68 bits per heavy atom. The maximum Gasteiger partial charge on any atom is 0.297 e. The van der Waals surface area contributed by atoms with Crippen molar-refractivity contribution in [2.75, 3.05) is 4.90 Å². The van der Waals surface area contributed by atoms with Crippen LogP contribution in [0, 0.1) is 23.0 Å². The molecule has 2 heterocycles. The van der Waals surface area contributed by atoms with Gasteiger partial charge in [0.05, 0.1) is 22.1 Å². The van der Waals surface area contributed by atoms with Gasteiger partial charge in [0.2, 0.25) is 15.6 Å². The van der Waals surface area contributed by atoms with Gasteiger partial charge in [-0.2, -0.15) is 0 Å². The van der Waals surface area contributed by atoms with Crippen molar-refractivity contribution in [2.24, 2.45) is 5.92 Å². The molecule has 5 rings (SSSR count). The van der Waals surface area contributed by atoms with Crippen LogP contribution in [-0.4, -0.2) is 35.8 Å². The fourth-order valence-corrected chi connectivity index (χ4v) is 7.52. The van der Waals surface area contributed by atoms with Crippen LogP contribution in [0.3, 0.4) is 0 Å². The molecule has 14 heteroatoms. The third kappa shape index (κ3) is 5.15. The second-order valence-electron chi connectivity index (χ2n) is 9.07. The molecule has 2 unspecified atom stereocenters. The van der Waals surface area contributed by atoms with Gasteiger partial charge < -0.3 is 0 Å². The number of hydrogen-bond acceptors (Lipinski definition) is 9. The smallest absolute Gasteiger partial charge is 0.293 e. The number of amides is 1. The fourth-order valence-electron chi connectivity index (χ4n) is 4.45. The first kappa shape index (κ1) is 28.6. The van der Waals surface area contributed by atoms with Gasteiger partial charge >= 0.3 is 0 Å². The highest BCUT2D eigenvalue weighted by molar-refractivity contribution is 7.93. The molecule has 0 N–H and O–H groups in total. The highest BCUT2D eigenvalue weighted by Gasteiger charge is 2.54. The molecule has 1 aromatic heterocycles. The van der Waals surface area contributed by atoms with E-state index >= 15 is 0 Å². The number of aryl methyl sites for hydroxylation is 1. The Labute approximate surface area is 247 Å². The molecule has 1 amide bonds. The predicted molar refractivity (Wildman–Crippen MR) is 151 cm³/mol. The van der Waals surface area contributed by atoms with Crippen LogP contribution < -0.4 is 4.90 Å². The summed E-state index contributed by atoms with van der Waals surface area (Å²) in [6.07, 6.45) is 1.02. The van der Waals surface area contributed by atoms with Crippen LogP contribution in [0.2, 0.25) is 10.0 Å². The SMILES string of the molecule is Cc1ccc(C(=O)C2C(=O)C(=O)N(c3ncc(S(=O)(=O)c4ccc([N+](=O)[O-])cc4)s3)C2c2ccc(Cl)cc2Cl)cc1. The van der Waals surface area contributed by atoms with Crippen molar-refractivity contribution >= 4 is 72.7 Å². The van der Waals surface area contributed by atoms with Crippen molar-refractivity contribution in [1.82, 2.24) is 4.98 Å². The van der Waals surface area contributed by atoms with Gasteiger partial charge in [0, 0.05) is 27.7 Å². The van der Waals surface area contributed by atoms with Gasteiger partial charge in [-0.3, -0.25) is 29.4 Å². The Kier molecular flexibility index (Phi) is 7.51. The molecular formula is C27H17Cl2N3O7S2. The van der Waals surface area contributed by atoms with Crippen molar-refractivity contribution in [2.45, 2.75) is 22.1 Å². The zero-order valence-electron chi connectivity index (χ0n) is 20.9. The van der Waals surface area contributed by atoms with E-state index in [2.05, 4.69) is 4.98 Å². The summed E-state index contributed by atoms with van der Waals surface area (Å²) < 4.78 is 26.2. The molecule has 3 aromatic carbocycles. The Bertz CT molecular complexity index is 1840. The zero-order chi connectivity index (χ0) is 29.6. The second kappa shape index (κ2) is 10.8. The lowest BCUT2D eigenvalue weighted by Gasteiger charge is -2.26. The molecule has 0 aliphatic carbocycles. The number of carbonyl (C=O) groups excluding carboxylic acids is 3. The number of anilines is 1. The van der Waals surface area contributed by atoms with Crippen LogP contribution in [0.15, 0.2) is 82.0 Å². The molecule has 1 fully saturated rings. The lowest BCUT2D eigenvalue weighted by molar-refractivity contribution is -0.384. The number of hydrogen-bond donors (Lipinski definition) is 0. The summed E-state index contributed by atoms with van der Waals surface area (Å²) in [5.74, 6) is -4.17. The largest absolute Gasteiger partial charge is 0.297 e. The molecule has 4 aromatic rings. The fraction of sp³-hybridized carbons (Fsp3) is 0.111. The first-order valence-electron chi connectivity index (χ1n) is 11.8. The number of nitro groups is 1. The summed E-state index contributed by atoms with van der Waals surface area (Å²) in [7, 11) is -4.19. The molecule has 1 aliphatic rings. The number of halogens is 2. The molecule has 1 aliphatic heterocycles. The maximum atomic E-state index is 13.6. The van der Waals surface area contributed by atoms with E-state index in [1.165, 1.54) is 18.2 Å². The number of ketones is 2. The minimum atomic E-state index is -4.19. The molecule has 1 saturated heterocycles. The molecule has 2 atom stereocenters.